The molecule has 0 fully saturated rings. The summed E-state index contributed by atoms with van der Waals surface area (Å²) < 4.78 is 71.3. The number of nitrogens with zero attached hydrogens (tertiary/aromatic N) is 1. The summed E-state index contributed by atoms with van der Waals surface area (Å²) in [6, 6.07) is 3.84. The summed E-state index contributed by atoms with van der Waals surface area (Å²) in [6.45, 7) is -0.410. The number of carbonyl (C=O) groups is 1. The van der Waals surface area contributed by atoms with Gasteiger partial charge in [0, 0.05) is 19.8 Å². The van der Waals surface area contributed by atoms with Crippen LogP contribution in [0.3, 0.4) is 0 Å². The molecule has 1 N–H and O–H groups in total. The molecular weight excluding hydrogens is 365 g/mol. The summed E-state index contributed by atoms with van der Waals surface area (Å²) >= 11 is 0. The number of anilines is 1. The first-order chi connectivity index (χ1) is 11.4. The summed E-state index contributed by atoms with van der Waals surface area (Å²) in [5.74, 6) is -0.782. The molecule has 1 amide bonds. The van der Waals surface area contributed by atoms with Crippen molar-refractivity contribution in [1.82, 2.24) is 4.31 Å². The second kappa shape index (κ2) is 8.02. The van der Waals surface area contributed by atoms with E-state index >= 15 is 0 Å². The lowest BCUT2D eigenvalue weighted by molar-refractivity contribution is -0.184. The molecular formula is C14H19F3N2O5S. The Kier molecular flexibility index (Phi) is 6.80. The predicted octanol–water partition coefficient (Wildman–Crippen LogP) is 1.85. The Morgan fingerprint density at radius 1 is 1.32 bits per heavy atom. The number of benzene rings is 1. The number of halogens is 3. The highest BCUT2D eigenvalue weighted by molar-refractivity contribution is 7.89. The first-order valence-corrected chi connectivity index (χ1v) is 8.42. The van der Waals surface area contributed by atoms with E-state index in [-0.39, 0.29) is 16.3 Å². The third-order valence-corrected chi connectivity index (χ3v) is 4.89. The molecule has 1 aromatic carbocycles. The number of nitrogens with one attached hydrogen (secondary N) is 1. The zero-order valence-electron chi connectivity index (χ0n) is 14.0. The van der Waals surface area contributed by atoms with Crippen LogP contribution < -0.4 is 10.1 Å². The van der Waals surface area contributed by atoms with Crippen LogP contribution in [0.2, 0.25) is 0 Å². The van der Waals surface area contributed by atoms with Crippen LogP contribution in [-0.2, 0) is 19.6 Å². The van der Waals surface area contributed by atoms with Gasteiger partial charge in [-0.3, -0.25) is 4.79 Å². The van der Waals surface area contributed by atoms with Gasteiger partial charge in [0.15, 0.2) is 0 Å². The molecule has 0 saturated heterocycles. The van der Waals surface area contributed by atoms with E-state index < -0.39 is 34.8 Å². The van der Waals surface area contributed by atoms with Gasteiger partial charge in [0.25, 0.3) is 5.91 Å². The largest absolute Gasteiger partial charge is 0.495 e. The fourth-order valence-electron chi connectivity index (χ4n) is 1.69. The minimum Gasteiger partial charge on any atom is -0.495 e. The molecule has 1 rings (SSSR count). The van der Waals surface area contributed by atoms with Gasteiger partial charge in [-0.25, -0.2) is 12.7 Å². The van der Waals surface area contributed by atoms with Gasteiger partial charge in [-0.2, -0.15) is 13.2 Å². The molecule has 0 aliphatic heterocycles. The number of rotatable bonds is 7. The van der Waals surface area contributed by atoms with Crippen molar-refractivity contribution in [2.24, 2.45) is 0 Å². The van der Waals surface area contributed by atoms with Crippen LogP contribution in [0.4, 0.5) is 18.9 Å². The molecule has 0 bridgehead atoms. The maximum absolute atomic E-state index is 12.3. The Labute approximate surface area is 143 Å². The Morgan fingerprint density at radius 3 is 2.40 bits per heavy atom. The molecule has 0 aliphatic carbocycles. The van der Waals surface area contributed by atoms with E-state index in [0.29, 0.717) is 0 Å². The molecule has 0 saturated carbocycles. The predicted molar refractivity (Wildman–Crippen MR) is 84.0 cm³/mol. The lowest BCUT2D eigenvalue weighted by Gasteiger charge is -2.17. The van der Waals surface area contributed by atoms with E-state index in [4.69, 9.17) is 4.74 Å². The Morgan fingerprint density at radius 2 is 1.92 bits per heavy atom. The molecule has 0 spiro atoms. The molecule has 142 valence electrons. The second-order valence-electron chi connectivity index (χ2n) is 5.21. The normalized spacial score (nSPS) is 13.6. The lowest BCUT2D eigenvalue weighted by Crippen LogP contribution is -2.31. The molecule has 0 heterocycles. The summed E-state index contributed by atoms with van der Waals surface area (Å²) in [6.07, 6.45) is -5.93. The first kappa shape index (κ1) is 21.2. The first-order valence-electron chi connectivity index (χ1n) is 6.98. The summed E-state index contributed by atoms with van der Waals surface area (Å²) in [4.78, 5) is 11.7. The highest BCUT2D eigenvalue weighted by Crippen LogP contribution is 2.29. The number of amides is 1. The maximum atomic E-state index is 12.3. The van der Waals surface area contributed by atoms with Crippen molar-refractivity contribution < 1.29 is 35.9 Å². The van der Waals surface area contributed by atoms with Gasteiger partial charge < -0.3 is 14.8 Å². The fraction of sp³-hybridized carbons (Fsp3) is 0.500. The SMILES string of the molecule is COc1ccc(NC(=O)[C@H](C)OCC(F)(F)F)cc1S(=O)(=O)N(C)C. The zero-order chi connectivity index (χ0) is 19.4. The number of carbonyl (C=O) groups excluding carboxylic acids is 1. The van der Waals surface area contributed by atoms with E-state index in [1.807, 2.05) is 0 Å². The molecule has 0 unspecified atom stereocenters. The summed E-state index contributed by atoms with van der Waals surface area (Å²) in [5.41, 5.74) is 0.0775. The average molecular weight is 384 g/mol. The third-order valence-electron chi connectivity index (χ3n) is 3.06. The summed E-state index contributed by atoms with van der Waals surface area (Å²) in [7, 11) is 0.0892. The van der Waals surface area contributed by atoms with Crippen molar-refractivity contribution in [1.29, 1.82) is 0 Å². The number of methoxy groups -OCH3 is 1. The van der Waals surface area contributed by atoms with Gasteiger partial charge in [0.05, 0.1) is 7.11 Å². The monoisotopic (exact) mass is 384 g/mol. The molecule has 1 atom stereocenters. The maximum Gasteiger partial charge on any atom is 0.411 e. The molecule has 1 aromatic rings. The van der Waals surface area contributed by atoms with Crippen LogP contribution in [0.15, 0.2) is 23.1 Å². The molecule has 0 aromatic heterocycles. The standard InChI is InChI=1S/C14H19F3N2O5S/c1-9(24-8-14(15,16)17)13(20)18-10-5-6-11(23-4)12(7-10)25(21,22)19(2)3/h5-7,9H,8H2,1-4H3,(H,18,20)/t9-/m0/s1. The van der Waals surface area contributed by atoms with Gasteiger partial charge in [-0.1, -0.05) is 0 Å². The van der Waals surface area contributed by atoms with Crippen molar-refractivity contribution in [3.63, 3.8) is 0 Å². The van der Waals surface area contributed by atoms with E-state index in [2.05, 4.69) is 10.1 Å². The van der Waals surface area contributed by atoms with Crippen molar-refractivity contribution >= 4 is 21.6 Å². The van der Waals surface area contributed by atoms with Crippen molar-refractivity contribution in [3.8, 4) is 5.75 Å². The van der Waals surface area contributed by atoms with Crippen LogP contribution in [0, 0.1) is 0 Å². The highest BCUT2D eigenvalue weighted by Gasteiger charge is 2.30. The van der Waals surface area contributed by atoms with Crippen molar-refractivity contribution in [3.05, 3.63) is 18.2 Å². The minimum atomic E-state index is -4.55. The molecule has 25 heavy (non-hydrogen) atoms. The van der Waals surface area contributed by atoms with Crippen LogP contribution in [0.1, 0.15) is 6.92 Å². The molecule has 0 radical (unpaired) electrons. The quantitative estimate of drug-likeness (QED) is 0.776. The molecule has 0 aliphatic rings. The van der Waals surface area contributed by atoms with Crippen molar-refractivity contribution in [2.45, 2.75) is 24.1 Å². The van der Waals surface area contributed by atoms with Gasteiger partial charge >= 0.3 is 6.18 Å². The Balaban J connectivity index is 2.99. The number of ether oxygens (including phenoxy) is 2. The average Bonchev–Trinajstić information content (AvgIpc) is 2.51. The Bertz CT molecular complexity index is 720. The second-order valence-corrected chi connectivity index (χ2v) is 7.33. The third kappa shape index (κ3) is 5.87. The Hall–Kier alpha value is -1.85. The van der Waals surface area contributed by atoms with E-state index in [1.165, 1.54) is 33.3 Å². The summed E-state index contributed by atoms with van der Waals surface area (Å²) in [5, 5.41) is 2.31. The van der Waals surface area contributed by atoms with Gasteiger partial charge in [0.2, 0.25) is 10.0 Å². The number of sulfonamides is 1. The van der Waals surface area contributed by atoms with Crippen molar-refractivity contribution in [2.75, 3.05) is 33.1 Å². The van der Waals surface area contributed by atoms with E-state index in [1.54, 1.807) is 0 Å². The van der Waals surface area contributed by atoms with Crippen LogP contribution in [0.25, 0.3) is 0 Å². The molecule has 11 heteroatoms. The van der Waals surface area contributed by atoms with E-state index in [0.717, 1.165) is 17.3 Å². The smallest absolute Gasteiger partial charge is 0.411 e. The zero-order valence-corrected chi connectivity index (χ0v) is 14.9. The van der Waals surface area contributed by atoms with Gasteiger partial charge in [-0.05, 0) is 25.1 Å². The van der Waals surface area contributed by atoms with Crippen LogP contribution in [-0.4, -0.2) is 58.7 Å². The van der Waals surface area contributed by atoms with Gasteiger partial charge in [-0.15, -0.1) is 0 Å². The highest BCUT2D eigenvalue weighted by atomic mass is 32.2. The number of alkyl halides is 3. The topological polar surface area (TPSA) is 84.9 Å². The van der Waals surface area contributed by atoms with Crippen LogP contribution in [0.5, 0.6) is 5.75 Å². The van der Waals surface area contributed by atoms with Crippen LogP contribution >= 0.6 is 0 Å². The lowest BCUT2D eigenvalue weighted by atomic mass is 10.2. The fourth-order valence-corrected chi connectivity index (χ4v) is 2.77. The van der Waals surface area contributed by atoms with Gasteiger partial charge in [0.1, 0.15) is 23.4 Å². The number of hydrogen-bond donors (Lipinski definition) is 1. The van der Waals surface area contributed by atoms with E-state index in [9.17, 15) is 26.4 Å². The number of hydrogen-bond acceptors (Lipinski definition) is 5. The molecule has 7 nitrogen and oxygen atoms in total. The minimum absolute atomic E-state index is 0.0630.